The molecule has 1 saturated heterocycles. The molecule has 0 aromatic carbocycles. The summed E-state index contributed by atoms with van der Waals surface area (Å²) in [6.07, 6.45) is 3.23. The van der Waals surface area contributed by atoms with Crippen molar-refractivity contribution in [2.45, 2.75) is 59.4 Å². The van der Waals surface area contributed by atoms with E-state index < -0.39 is 5.97 Å². The molecule has 0 radical (unpaired) electrons. The fourth-order valence-electron chi connectivity index (χ4n) is 2.90. The molecule has 1 fully saturated rings. The number of carboxylic acid groups (broad SMARTS) is 1. The zero-order valence-corrected chi connectivity index (χ0v) is 13.2. The molecule has 116 valence electrons. The maximum Gasteiger partial charge on any atom is 0.320 e. The number of carbonyl (C=O) groups excluding carboxylic acids is 1. The Hall–Kier alpha value is -1.26. The van der Waals surface area contributed by atoms with Gasteiger partial charge in [0.15, 0.2) is 0 Å². The third-order valence-corrected chi connectivity index (χ3v) is 4.64. The Balaban J connectivity index is 2.69. The predicted molar refractivity (Wildman–Crippen MR) is 78.7 cm³/mol. The van der Waals surface area contributed by atoms with Crippen LogP contribution >= 0.6 is 0 Å². The number of hydrogen-bond donors (Lipinski definition) is 1. The summed E-state index contributed by atoms with van der Waals surface area (Å²) < 4.78 is 0. The lowest BCUT2D eigenvalue weighted by atomic mass is 9.82. The van der Waals surface area contributed by atoms with Crippen LogP contribution in [0.1, 0.15) is 53.4 Å². The standard InChI is InChI=1S/C15H28N2O3/c1-5-15(6-2)8-10-16(11-15)14(20)17(12(3)4)9-7-13(18)19/h12H,5-11H2,1-4H3,(H,18,19). The molecule has 0 saturated carbocycles. The van der Waals surface area contributed by atoms with Gasteiger partial charge >= 0.3 is 12.0 Å². The summed E-state index contributed by atoms with van der Waals surface area (Å²) in [4.78, 5) is 26.9. The van der Waals surface area contributed by atoms with Gasteiger partial charge in [0.2, 0.25) is 0 Å². The smallest absolute Gasteiger partial charge is 0.320 e. The summed E-state index contributed by atoms with van der Waals surface area (Å²) in [5.41, 5.74) is 0.255. The van der Waals surface area contributed by atoms with Crippen molar-refractivity contribution in [2.24, 2.45) is 5.41 Å². The number of likely N-dealkylation sites (tertiary alicyclic amines) is 1. The number of aliphatic carboxylic acids is 1. The van der Waals surface area contributed by atoms with Crippen LogP contribution in [-0.4, -0.2) is 52.6 Å². The van der Waals surface area contributed by atoms with Crippen molar-refractivity contribution in [3.8, 4) is 0 Å². The van der Waals surface area contributed by atoms with E-state index in [2.05, 4.69) is 13.8 Å². The molecule has 0 aromatic rings. The van der Waals surface area contributed by atoms with Crippen LogP contribution in [0, 0.1) is 5.41 Å². The maximum atomic E-state index is 12.6. The molecule has 20 heavy (non-hydrogen) atoms. The van der Waals surface area contributed by atoms with E-state index in [1.807, 2.05) is 18.7 Å². The average Bonchev–Trinajstić information content (AvgIpc) is 2.83. The highest BCUT2D eigenvalue weighted by Crippen LogP contribution is 2.37. The van der Waals surface area contributed by atoms with Gasteiger partial charge in [-0.15, -0.1) is 0 Å². The first-order chi connectivity index (χ1) is 9.35. The van der Waals surface area contributed by atoms with Gasteiger partial charge in [-0.05, 0) is 38.5 Å². The molecule has 1 rings (SSSR count). The molecule has 0 aromatic heterocycles. The second-order valence-corrected chi connectivity index (χ2v) is 6.09. The first-order valence-corrected chi connectivity index (χ1v) is 7.62. The Morgan fingerprint density at radius 2 is 1.90 bits per heavy atom. The van der Waals surface area contributed by atoms with Crippen LogP contribution < -0.4 is 0 Å². The van der Waals surface area contributed by atoms with Crippen LogP contribution in [-0.2, 0) is 4.79 Å². The lowest BCUT2D eigenvalue weighted by molar-refractivity contribution is -0.137. The first-order valence-electron chi connectivity index (χ1n) is 7.62. The molecule has 5 heteroatoms. The van der Waals surface area contributed by atoms with Crippen LogP contribution in [0.15, 0.2) is 0 Å². The highest BCUT2D eigenvalue weighted by molar-refractivity contribution is 5.76. The fraction of sp³-hybridized carbons (Fsp3) is 0.867. The Morgan fingerprint density at radius 3 is 2.30 bits per heavy atom. The summed E-state index contributed by atoms with van der Waals surface area (Å²) in [6.45, 7) is 10.1. The summed E-state index contributed by atoms with van der Waals surface area (Å²) in [5.74, 6) is -0.860. The van der Waals surface area contributed by atoms with Crippen molar-refractivity contribution in [3.05, 3.63) is 0 Å². The Morgan fingerprint density at radius 1 is 1.30 bits per heavy atom. The topological polar surface area (TPSA) is 60.9 Å². The molecule has 5 nitrogen and oxygen atoms in total. The van der Waals surface area contributed by atoms with Gasteiger partial charge in [-0.2, -0.15) is 0 Å². The van der Waals surface area contributed by atoms with Crippen molar-refractivity contribution in [2.75, 3.05) is 19.6 Å². The third kappa shape index (κ3) is 3.87. The van der Waals surface area contributed by atoms with E-state index in [1.54, 1.807) is 4.90 Å². The summed E-state index contributed by atoms with van der Waals surface area (Å²) >= 11 is 0. The molecule has 1 aliphatic rings. The number of carbonyl (C=O) groups is 2. The maximum absolute atomic E-state index is 12.6. The zero-order chi connectivity index (χ0) is 15.3. The largest absolute Gasteiger partial charge is 0.481 e. The summed E-state index contributed by atoms with van der Waals surface area (Å²) in [5, 5.41) is 8.80. The molecule has 1 N–H and O–H groups in total. The van der Waals surface area contributed by atoms with Gasteiger partial charge in [-0.1, -0.05) is 13.8 Å². The van der Waals surface area contributed by atoms with E-state index in [4.69, 9.17) is 5.11 Å². The molecule has 0 bridgehead atoms. The molecule has 0 aliphatic carbocycles. The molecular formula is C15H28N2O3. The van der Waals surface area contributed by atoms with Crippen LogP contribution in [0.4, 0.5) is 4.79 Å². The van der Waals surface area contributed by atoms with Gasteiger partial charge < -0.3 is 14.9 Å². The second-order valence-electron chi connectivity index (χ2n) is 6.09. The predicted octanol–water partition coefficient (Wildman–Crippen LogP) is 2.80. The highest BCUT2D eigenvalue weighted by Gasteiger charge is 2.38. The number of carboxylic acids is 1. The molecule has 2 amide bonds. The third-order valence-electron chi connectivity index (χ3n) is 4.64. The molecule has 1 heterocycles. The minimum atomic E-state index is -0.860. The lowest BCUT2D eigenvalue weighted by Gasteiger charge is -2.32. The van der Waals surface area contributed by atoms with Crippen LogP contribution in [0.3, 0.4) is 0 Å². The molecule has 0 unspecified atom stereocenters. The van der Waals surface area contributed by atoms with E-state index in [9.17, 15) is 9.59 Å². The normalized spacial score (nSPS) is 17.6. The minimum absolute atomic E-state index is 0.00442. The Labute approximate surface area is 121 Å². The summed E-state index contributed by atoms with van der Waals surface area (Å²) in [6, 6.07) is 0.0186. The Bertz CT molecular complexity index is 351. The van der Waals surface area contributed by atoms with Crippen molar-refractivity contribution in [3.63, 3.8) is 0 Å². The van der Waals surface area contributed by atoms with E-state index in [-0.39, 0.29) is 30.5 Å². The van der Waals surface area contributed by atoms with E-state index in [0.29, 0.717) is 0 Å². The lowest BCUT2D eigenvalue weighted by Crippen LogP contribution is -2.47. The van der Waals surface area contributed by atoms with Crippen molar-refractivity contribution >= 4 is 12.0 Å². The van der Waals surface area contributed by atoms with Crippen molar-refractivity contribution in [1.82, 2.24) is 9.80 Å². The van der Waals surface area contributed by atoms with Gasteiger partial charge in [-0.25, -0.2) is 4.79 Å². The number of hydrogen-bond acceptors (Lipinski definition) is 2. The monoisotopic (exact) mass is 284 g/mol. The van der Waals surface area contributed by atoms with Gasteiger partial charge in [0.25, 0.3) is 0 Å². The number of amides is 2. The SMILES string of the molecule is CCC1(CC)CCN(C(=O)N(CCC(=O)O)C(C)C)C1. The number of nitrogens with zero attached hydrogens (tertiary/aromatic N) is 2. The molecule has 1 aliphatic heterocycles. The van der Waals surface area contributed by atoms with Gasteiger partial charge in [0, 0.05) is 25.7 Å². The van der Waals surface area contributed by atoms with E-state index >= 15 is 0 Å². The number of urea groups is 1. The van der Waals surface area contributed by atoms with Gasteiger partial charge in [0.05, 0.1) is 6.42 Å². The number of rotatable bonds is 6. The Kier molecular flexibility index (Phi) is 5.84. The summed E-state index contributed by atoms with van der Waals surface area (Å²) in [7, 11) is 0. The van der Waals surface area contributed by atoms with Crippen molar-refractivity contribution < 1.29 is 14.7 Å². The van der Waals surface area contributed by atoms with Crippen LogP contribution in [0.2, 0.25) is 0 Å². The van der Waals surface area contributed by atoms with Crippen molar-refractivity contribution in [1.29, 1.82) is 0 Å². The van der Waals surface area contributed by atoms with Gasteiger partial charge in [0.1, 0.15) is 0 Å². The second kappa shape index (κ2) is 6.95. The average molecular weight is 284 g/mol. The molecular weight excluding hydrogens is 256 g/mol. The first kappa shape index (κ1) is 16.8. The van der Waals surface area contributed by atoms with E-state index in [0.717, 1.165) is 32.4 Å². The zero-order valence-electron chi connectivity index (χ0n) is 13.2. The quantitative estimate of drug-likeness (QED) is 0.816. The van der Waals surface area contributed by atoms with E-state index in [1.165, 1.54) is 0 Å². The highest BCUT2D eigenvalue weighted by atomic mass is 16.4. The van der Waals surface area contributed by atoms with Crippen LogP contribution in [0.25, 0.3) is 0 Å². The van der Waals surface area contributed by atoms with Crippen LogP contribution in [0.5, 0.6) is 0 Å². The van der Waals surface area contributed by atoms with Gasteiger partial charge in [-0.3, -0.25) is 4.79 Å². The fourth-order valence-corrected chi connectivity index (χ4v) is 2.90. The minimum Gasteiger partial charge on any atom is -0.481 e. The molecule has 0 atom stereocenters. The molecule has 0 spiro atoms.